The van der Waals surface area contributed by atoms with E-state index in [1.165, 1.54) is 18.2 Å². The van der Waals surface area contributed by atoms with Gasteiger partial charge in [-0.2, -0.15) is 13.2 Å². The molecule has 3 aromatic rings. The average molecular weight is 540 g/mol. The number of H-pyrrole nitrogens is 1. The van der Waals surface area contributed by atoms with Crippen LogP contribution in [0.5, 0.6) is 0 Å². The lowest BCUT2D eigenvalue weighted by atomic mass is 9.77. The van der Waals surface area contributed by atoms with Crippen molar-refractivity contribution in [3.05, 3.63) is 87.0 Å². The topological polar surface area (TPSA) is 80.6 Å². The number of hydrogen-bond acceptors (Lipinski definition) is 6. The van der Waals surface area contributed by atoms with Crippen molar-refractivity contribution < 1.29 is 35.8 Å². The summed E-state index contributed by atoms with van der Waals surface area (Å²) in [6.45, 7) is 2.40. The van der Waals surface area contributed by atoms with E-state index in [0.29, 0.717) is 26.2 Å². The molecule has 204 valence electrons. The molecule has 0 saturated carbocycles. The van der Waals surface area contributed by atoms with Crippen LogP contribution >= 0.6 is 0 Å². The van der Waals surface area contributed by atoms with Crippen LogP contribution in [0.1, 0.15) is 47.1 Å². The Bertz CT molecular complexity index is 1310. The Balaban J connectivity index is 1.40. The standard InChI is InChI=1S/C26H26F5N3O4/c1-14(17-6-15(9-27)7-19(8-17)26(29,30)31)37-24-23(16-2-4-20(28)5-3-16)21-11-34(10-18(21)13-36-24)12-22-32-33-25(35)38-22/h2-8,14,18,21,23-24H,9-13H2,1H3,(H,33,35)/t14-,18+,21-,23+,24-/m1/s1. The largest absolute Gasteiger partial charge is 0.434 e. The lowest BCUT2D eigenvalue weighted by molar-refractivity contribution is -0.217. The zero-order valence-corrected chi connectivity index (χ0v) is 20.4. The van der Waals surface area contributed by atoms with Gasteiger partial charge in [0.2, 0.25) is 5.89 Å². The maximum atomic E-state index is 13.7. The second-order valence-corrected chi connectivity index (χ2v) is 9.78. The molecule has 1 N–H and O–H groups in total. The van der Waals surface area contributed by atoms with Crippen LogP contribution in [0.4, 0.5) is 22.0 Å². The quantitative estimate of drug-likeness (QED) is 0.428. The molecular formula is C26H26F5N3O4. The van der Waals surface area contributed by atoms with E-state index in [1.807, 2.05) is 0 Å². The summed E-state index contributed by atoms with van der Waals surface area (Å²) >= 11 is 0. The molecule has 2 saturated heterocycles. The summed E-state index contributed by atoms with van der Waals surface area (Å²) in [4.78, 5) is 13.4. The zero-order chi connectivity index (χ0) is 27.0. The van der Waals surface area contributed by atoms with E-state index in [2.05, 4.69) is 15.1 Å². The number of likely N-dealkylation sites (tertiary alicyclic amines) is 1. The highest BCUT2D eigenvalue weighted by atomic mass is 19.4. The first-order valence-electron chi connectivity index (χ1n) is 12.2. The minimum absolute atomic E-state index is 0.0000118. The first-order valence-corrected chi connectivity index (χ1v) is 12.2. The van der Waals surface area contributed by atoms with E-state index in [1.54, 1.807) is 19.1 Å². The maximum Gasteiger partial charge on any atom is 0.434 e. The number of benzene rings is 2. The third kappa shape index (κ3) is 5.67. The fourth-order valence-electron chi connectivity index (χ4n) is 5.43. The molecule has 38 heavy (non-hydrogen) atoms. The molecule has 5 atom stereocenters. The third-order valence-electron chi connectivity index (χ3n) is 7.20. The molecule has 0 radical (unpaired) electrons. The monoisotopic (exact) mass is 539 g/mol. The number of aromatic nitrogens is 2. The number of alkyl halides is 4. The molecule has 0 bridgehead atoms. The van der Waals surface area contributed by atoms with Crippen LogP contribution in [-0.4, -0.2) is 41.1 Å². The molecule has 1 aromatic heterocycles. The van der Waals surface area contributed by atoms with Crippen LogP contribution in [0.3, 0.4) is 0 Å². The number of rotatable bonds is 7. The van der Waals surface area contributed by atoms with Crippen LogP contribution in [0, 0.1) is 17.7 Å². The van der Waals surface area contributed by atoms with Crippen molar-refractivity contribution in [2.75, 3.05) is 19.7 Å². The van der Waals surface area contributed by atoms with Gasteiger partial charge in [-0.15, -0.1) is 5.10 Å². The van der Waals surface area contributed by atoms with Crippen LogP contribution < -0.4 is 5.76 Å². The molecule has 12 heteroatoms. The van der Waals surface area contributed by atoms with E-state index in [-0.39, 0.29) is 34.8 Å². The highest BCUT2D eigenvalue weighted by Crippen LogP contribution is 2.45. The Labute approximate surface area is 214 Å². The molecule has 0 amide bonds. The molecule has 7 nitrogen and oxygen atoms in total. The fraction of sp³-hybridized carbons (Fsp3) is 0.462. The van der Waals surface area contributed by atoms with Gasteiger partial charge in [0.25, 0.3) is 0 Å². The minimum Gasteiger partial charge on any atom is -0.391 e. The maximum absolute atomic E-state index is 13.7. The van der Waals surface area contributed by atoms with Gasteiger partial charge >= 0.3 is 11.9 Å². The Hall–Kier alpha value is -3.09. The summed E-state index contributed by atoms with van der Waals surface area (Å²) in [7, 11) is 0. The molecule has 3 heterocycles. The van der Waals surface area contributed by atoms with E-state index in [4.69, 9.17) is 13.9 Å². The van der Waals surface area contributed by atoms with E-state index < -0.39 is 42.4 Å². The third-order valence-corrected chi connectivity index (χ3v) is 7.20. The molecule has 2 aliphatic rings. The lowest BCUT2D eigenvalue weighted by Gasteiger charge is -2.40. The fourth-order valence-corrected chi connectivity index (χ4v) is 5.43. The van der Waals surface area contributed by atoms with Crippen LogP contribution in [0.2, 0.25) is 0 Å². The average Bonchev–Trinajstić information content (AvgIpc) is 3.49. The van der Waals surface area contributed by atoms with Gasteiger partial charge in [0, 0.05) is 19.0 Å². The molecule has 2 aliphatic heterocycles. The smallest absolute Gasteiger partial charge is 0.391 e. The molecule has 2 aromatic carbocycles. The summed E-state index contributed by atoms with van der Waals surface area (Å²) in [5, 5.41) is 6.10. The van der Waals surface area contributed by atoms with Crippen molar-refractivity contribution in [1.29, 1.82) is 0 Å². The normalized spacial score (nSPS) is 24.9. The van der Waals surface area contributed by atoms with Crippen LogP contribution in [0.25, 0.3) is 0 Å². The predicted octanol–water partition coefficient (Wildman–Crippen LogP) is 4.96. The Morgan fingerprint density at radius 3 is 2.61 bits per heavy atom. The van der Waals surface area contributed by atoms with Gasteiger partial charge in [0.05, 0.1) is 24.8 Å². The van der Waals surface area contributed by atoms with Crippen molar-refractivity contribution in [2.45, 2.75) is 44.6 Å². The molecule has 0 unspecified atom stereocenters. The summed E-state index contributed by atoms with van der Waals surface area (Å²) in [5.74, 6) is -1.08. The second-order valence-electron chi connectivity index (χ2n) is 9.78. The van der Waals surface area contributed by atoms with E-state index in [0.717, 1.165) is 17.7 Å². The SMILES string of the molecule is C[C@@H](O[C@H]1OC[C@@H]2CN(Cc3n[nH]c(=O)o3)C[C@H]2[C@@H]1c1ccc(F)cc1)c1cc(CF)cc(C(F)(F)F)c1. The van der Waals surface area contributed by atoms with Gasteiger partial charge in [-0.05, 0) is 59.7 Å². The summed E-state index contributed by atoms with van der Waals surface area (Å²) in [6, 6.07) is 9.07. The summed E-state index contributed by atoms with van der Waals surface area (Å²) in [5.41, 5.74) is -0.103. The van der Waals surface area contributed by atoms with Crippen LogP contribution in [0.15, 0.2) is 51.7 Å². The van der Waals surface area contributed by atoms with Gasteiger partial charge in [-0.25, -0.2) is 18.7 Å². The number of fused-ring (bicyclic) bond motifs is 1. The highest BCUT2D eigenvalue weighted by molar-refractivity contribution is 5.33. The first-order chi connectivity index (χ1) is 18.1. The Kier molecular flexibility index (Phi) is 7.38. The zero-order valence-electron chi connectivity index (χ0n) is 20.4. The van der Waals surface area contributed by atoms with E-state index in [9.17, 15) is 26.7 Å². The number of nitrogens with one attached hydrogen (secondary N) is 1. The Morgan fingerprint density at radius 1 is 1.18 bits per heavy atom. The molecule has 0 aliphatic carbocycles. The molecule has 0 spiro atoms. The minimum atomic E-state index is -4.63. The number of halogens is 5. The second kappa shape index (κ2) is 10.6. The van der Waals surface area contributed by atoms with E-state index >= 15 is 0 Å². The van der Waals surface area contributed by atoms with Crippen molar-refractivity contribution in [2.24, 2.45) is 11.8 Å². The van der Waals surface area contributed by atoms with Gasteiger partial charge in [-0.1, -0.05) is 18.2 Å². The van der Waals surface area contributed by atoms with Gasteiger partial charge in [-0.3, -0.25) is 4.90 Å². The number of nitrogens with zero attached hydrogens (tertiary/aromatic N) is 2. The van der Waals surface area contributed by atoms with Crippen molar-refractivity contribution in [3.8, 4) is 0 Å². The number of ether oxygens (including phenoxy) is 2. The van der Waals surface area contributed by atoms with Crippen molar-refractivity contribution >= 4 is 0 Å². The van der Waals surface area contributed by atoms with Gasteiger partial charge in [0.15, 0.2) is 6.29 Å². The number of aromatic amines is 1. The Morgan fingerprint density at radius 2 is 1.95 bits per heavy atom. The van der Waals surface area contributed by atoms with Gasteiger partial charge in [0.1, 0.15) is 12.5 Å². The van der Waals surface area contributed by atoms with Crippen molar-refractivity contribution in [1.82, 2.24) is 15.1 Å². The lowest BCUT2D eigenvalue weighted by Crippen LogP contribution is -2.42. The number of hydrogen-bond donors (Lipinski definition) is 1. The van der Waals surface area contributed by atoms with Crippen LogP contribution in [-0.2, 0) is 28.9 Å². The summed E-state index contributed by atoms with van der Waals surface area (Å²) in [6.07, 6.45) is -6.32. The van der Waals surface area contributed by atoms with Crippen molar-refractivity contribution in [3.63, 3.8) is 0 Å². The molecule has 5 rings (SSSR count). The predicted molar refractivity (Wildman–Crippen MR) is 124 cm³/mol. The first kappa shape index (κ1) is 26.5. The summed E-state index contributed by atoms with van der Waals surface area (Å²) < 4.78 is 84.6. The molecule has 2 fully saturated rings. The highest BCUT2D eigenvalue weighted by Gasteiger charge is 2.47. The molecular weight excluding hydrogens is 513 g/mol. The van der Waals surface area contributed by atoms with Gasteiger partial charge < -0.3 is 13.9 Å².